The molecule has 6 nitrogen and oxygen atoms in total. The Morgan fingerprint density at radius 3 is 2.94 bits per heavy atom. The van der Waals surface area contributed by atoms with Crippen LogP contribution in [0, 0.1) is 22.0 Å². The lowest BCUT2D eigenvalue weighted by Gasteiger charge is -2.28. The van der Waals surface area contributed by atoms with Crippen LogP contribution < -0.4 is 5.32 Å². The van der Waals surface area contributed by atoms with E-state index in [9.17, 15) is 10.1 Å². The largest absolute Gasteiger partial charge is 0.363 e. The van der Waals surface area contributed by atoms with Crippen LogP contribution in [0.3, 0.4) is 0 Å². The fraction of sp³-hybridized carbons (Fsp3) is 0.750. The van der Waals surface area contributed by atoms with Crippen LogP contribution in [-0.4, -0.2) is 21.2 Å². The fourth-order valence-electron chi connectivity index (χ4n) is 2.66. The van der Waals surface area contributed by atoms with E-state index in [2.05, 4.69) is 17.3 Å². The van der Waals surface area contributed by atoms with Gasteiger partial charge in [-0.1, -0.05) is 26.2 Å². The quantitative estimate of drug-likeness (QED) is 0.660. The predicted molar refractivity (Wildman–Crippen MR) is 69.5 cm³/mol. The van der Waals surface area contributed by atoms with Crippen LogP contribution in [0.4, 0.5) is 11.5 Å². The van der Waals surface area contributed by atoms with Gasteiger partial charge in [0.1, 0.15) is 6.20 Å². The van der Waals surface area contributed by atoms with Crippen molar-refractivity contribution < 1.29 is 4.92 Å². The van der Waals surface area contributed by atoms with Gasteiger partial charge in [0.2, 0.25) is 5.82 Å². The van der Waals surface area contributed by atoms with Crippen molar-refractivity contribution in [3.63, 3.8) is 0 Å². The second-order valence-electron chi connectivity index (χ2n) is 5.20. The van der Waals surface area contributed by atoms with Crippen molar-refractivity contribution in [2.75, 3.05) is 11.9 Å². The zero-order chi connectivity index (χ0) is 13.1. The fourth-order valence-corrected chi connectivity index (χ4v) is 2.66. The molecule has 6 heteroatoms. The minimum absolute atomic E-state index is 0.0564. The van der Waals surface area contributed by atoms with Crippen LogP contribution in [0.2, 0.25) is 0 Å². The third kappa shape index (κ3) is 2.80. The number of rotatable bonds is 4. The average Bonchev–Trinajstić information content (AvgIpc) is 2.70. The summed E-state index contributed by atoms with van der Waals surface area (Å²) in [5.74, 6) is 1.68. The number of nitrogens with one attached hydrogen (secondary N) is 1. The second-order valence-corrected chi connectivity index (χ2v) is 5.20. The summed E-state index contributed by atoms with van der Waals surface area (Å²) in [5, 5.41) is 18.1. The van der Waals surface area contributed by atoms with Crippen LogP contribution in [0.5, 0.6) is 0 Å². The van der Waals surface area contributed by atoms with Gasteiger partial charge < -0.3 is 5.32 Å². The highest BCUT2D eigenvalue weighted by molar-refractivity contribution is 5.54. The van der Waals surface area contributed by atoms with E-state index in [1.54, 1.807) is 7.05 Å². The lowest BCUT2D eigenvalue weighted by molar-refractivity contribution is -0.384. The standard InChI is InChI=1S/C12H20N4O2/c1-9-5-3-4-6-10(9)7-13-12-11(16(17)18)8-15(2)14-12/h8-10H,3-7H2,1-2H3,(H,13,14). The molecule has 0 aromatic carbocycles. The molecular weight excluding hydrogens is 232 g/mol. The molecule has 1 fully saturated rings. The molecule has 0 radical (unpaired) electrons. The molecule has 0 amide bonds. The van der Waals surface area contributed by atoms with E-state index in [1.165, 1.54) is 36.6 Å². The molecule has 1 aromatic rings. The number of hydrogen-bond donors (Lipinski definition) is 1. The molecule has 2 unspecified atom stereocenters. The monoisotopic (exact) mass is 252 g/mol. The molecule has 1 saturated carbocycles. The Balaban J connectivity index is 1.99. The molecule has 18 heavy (non-hydrogen) atoms. The van der Waals surface area contributed by atoms with Crippen LogP contribution in [0.15, 0.2) is 6.20 Å². The lowest BCUT2D eigenvalue weighted by atomic mass is 9.80. The van der Waals surface area contributed by atoms with Crippen LogP contribution in [0.1, 0.15) is 32.6 Å². The van der Waals surface area contributed by atoms with E-state index in [1.807, 2.05) is 0 Å². The summed E-state index contributed by atoms with van der Waals surface area (Å²) in [6.45, 7) is 3.04. The lowest BCUT2D eigenvalue weighted by Crippen LogP contribution is -2.24. The minimum Gasteiger partial charge on any atom is -0.363 e. The molecule has 0 spiro atoms. The van der Waals surface area contributed by atoms with Gasteiger partial charge in [-0.2, -0.15) is 0 Å². The summed E-state index contributed by atoms with van der Waals surface area (Å²) >= 11 is 0. The Kier molecular flexibility index (Phi) is 3.84. The van der Waals surface area contributed by atoms with E-state index in [0.717, 1.165) is 6.54 Å². The Morgan fingerprint density at radius 1 is 1.56 bits per heavy atom. The number of anilines is 1. The zero-order valence-electron chi connectivity index (χ0n) is 10.9. The Bertz CT molecular complexity index is 430. The van der Waals surface area contributed by atoms with Gasteiger partial charge in [0.15, 0.2) is 0 Å². The van der Waals surface area contributed by atoms with E-state index >= 15 is 0 Å². The van der Waals surface area contributed by atoms with E-state index in [4.69, 9.17) is 0 Å². The maximum atomic E-state index is 10.9. The van der Waals surface area contributed by atoms with E-state index in [0.29, 0.717) is 17.7 Å². The second kappa shape index (κ2) is 5.37. The molecular formula is C12H20N4O2. The van der Waals surface area contributed by atoms with Crippen LogP contribution in [-0.2, 0) is 7.05 Å². The van der Waals surface area contributed by atoms with Gasteiger partial charge >= 0.3 is 5.69 Å². The summed E-state index contributed by atoms with van der Waals surface area (Å²) in [6.07, 6.45) is 6.47. The Hall–Kier alpha value is -1.59. The molecule has 1 aliphatic carbocycles. The van der Waals surface area contributed by atoms with Crippen molar-refractivity contribution in [3.8, 4) is 0 Å². The summed E-state index contributed by atoms with van der Waals surface area (Å²) in [5.41, 5.74) is 0.0564. The number of hydrogen-bond acceptors (Lipinski definition) is 4. The first-order valence-electron chi connectivity index (χ1n) is 6.50. The smallest absolute Gasteiger partial charge is 0.330 e. The van der Waals surface area contributed by atoms with Gasteiger partial charge in [-0.05, 0) is 18.3 Å². The topological polar surface area (TPSA) is 73.0 Å². The summed E-state index contributed by atoms with van der Waals surface area (Å²) in [6, 6.07) is 0. The third-order valence-corrected chi connectivity index (χ3v) is 3.83. The molecule has 1 aromatic heterocycles. The first-order chi connectivity index (χ1) is 8.58. The molecule has 0 saturated heterocycles. The Morgan fingerprint density at radius 2 is 2.28 bits per heavy atom. The highest BCUT2D eigenvalue weighted by atomic mass is 16.6. The first-order valence-corrected chi connectivity index (χ1v) is 6.50. The van der Waals surface area contributed by atoms with E-state index in [-0.39, 0.29) is 10.6 Å². The maximum absolute atomic E-state index is 10.9. The van der Waals surface area contributed by atoms with Crippen LogP contribution >= 0.6 is 0 Å². The van der Waals surface area contributed by atoms with Gasteiger partial charge in [0.25, 0.3) is 0 Å². The van der Waals surface area contributed by atoms with Gasteiger partial charge in [-0.15, -0.1) is 5.10 Å². The van der Waals surface area contributed by atoms with E-state index < -0.39 is 0 Å². The van der Waals surface area contributed by atoms with Gasteiger partial charge in [-0.25, -0.2) is 0 Å². The predicted octanol–water partition coefficient (Wildman–Crippen LogP) is 2.57. The molecule has 2 rings (SSSR count). The van der Waals surface area contributed by atoms with Crippen molar-refractivity contribution >= 4 is 11.5 Å². The highest BCUT2D eigenvalue weighted by Gasteiger charge is 2.23. The number of aryl methyl sites for hydroxylation is 1. The van der Waals surface area contributed by atoms with Crippen molar-refractivity contribution in [1.82, 2.24) is 9.78 Å². The minimum atomic E-state index is -0.389. The number of nitro groups is 1. The SMILES string of the molecule is CC1CCCCC1CNc1nn(C)cc1[N+](=O)[O-]. The van der Waals surface area contributed by atoms with Crippen molar-refractivity contribution in [3.05, 3.63) is 16.3 Å². The molecule has 0 aliphatic heterocycles. The van der Waals surface area contributed by atoms with Gasteiger partial charge in [-0.3, -0.25) is 14.8 Å². The molecule has 0 bridgehead atoms. The molecule has 1 heterocycles. The summed E-state index contributed by atoms with van der Waals surface area (Å²) in [4.78, 5) is 10.5. The highest BCUT2D eigenvalue weighted by Crippen LogP contribution is 2.30. The molecule has 1 aliphatic rings. The van der Waals surface area contributed by atoms with Gasteiger partial charge in [0.05, 0.1) is 4.92 Å². The normalized spacial score (nSPS) is 23.9. The third-order valence-electron chi connectivity index (χ3n) is 3.83. The van der Waals surface area contributed by atoms with Crippen molar-refractivity contribution in [2.24, 2.45) is 18.9 Å². The molecule has 100 valence electrons. The summed E-state index contributed by atoms with van der Waals surface area (Å²) < 4.78 is 1.48. The summed E-state index contributed by atoms with van der Waals surface area (Å²) in [7, 11) is 1.70. The van der Waals surface area contributed by atoms with Gasteiger partial charge in [0, 0.05) is 13.6 Å². The average molecular weight is 252 g/mol. The molecule has 1 N–H and O–H groups in total. The zero-order valence-corrected chi connectivity index (χ0v) is 10.9. The van der Waals surface area contributed by atoms with Crippen molar-refractivity contribution in [1.29, 1.82) is 0 Å². The van der Waals surface area contributed by atoms with Crippen molar-refractivity contribution in [2.45, 2.75) is 32.6 Å². The number of nitrogens with zero attached hydrogens (tertiary/aromatic N) is 3. The number of aromatic nitrogens is 2. The molecule has 2 atom stereocenters. The Labute approximate surface area is 107 Å². The van der Waals surface area contributed by atoms with Crippen LogP contribution in [0.25, 0.3) is 0 Å². The first kappa shape index (κ1) is 12.9. The maximum Gasteiger partial charge on any atom is 0.330 e.